The SMILES string of the molecule is O=C(NCCN1CCNCC1)C(=O)N(CCO)CCO. The summed E-state index contributed by atoms with van der Waals surface area (Å²) in [5.74, 6) is -1.41. The van der Waals surface area contributed by atoms with Gasteiger partial charge in [-0.15, -0.1) is 0 Å². The molecule has 0 atom stereocenters. The fraction of sp³-hybridized carbons (Fsp3) is 0.833. The molecule has 0 bridgehead atoms. The summed E-state index contributed by atoms with van der Waals surface area (Å²) in [4.78, 5) is 26.8. The number of nitrogens with one attached hydrogen (secondary N) is 2. The molecule has 0 aromatic carbocycles. The van der Waals surface area contributed by atoms with Crippen molar-refractivity contribution in [3.63, 3.8) is 0 Å². The van der Waals surface area contributed by atoms with E-state index < -0.39 is 11.8 Å². The molecule has 8 nitrogen and oxygen atoms in total. The summed E-state index contributed by atoms with van der Waals surface area (Å²) in [5.41, 5.74) is 0. The van der Waals surface area contributed by atoms with Crippen molar-refractivity contribution in [3.8, 4) is 0 Å². The Bertz CT molecular complexity index is 302. The number of piperazine rings is 1. The Morgan fingerprint density at radius 3 is 2.30 bits per heavy atom. The zero-order chi connectivity index (χ0) is 14.8. The van der Waals surface area contributed by atoms with Crippen LogP contribution in [0.1, 0.15) is 0 Å². The van der Waals surface area contributed by atoms with Crippen molar-refractivity contribution >= 4 is 11.8 Å². The number of hydrogen-bond acceptors (Lipinski definition) is 6. The average molecular weight is 288 g/mol. The number of carbonyl (C=O) groups excluding carboxylic acids is 2. The molecule has 2 amide bonds. The summed E-state index contributed by atoms with van der Waals surface area (Å²) in [6, 6.07) is 0. The van der Waals surface area contributed by atoms with E-state index in [0.717, 1.165) is 31.1 Å². The fourth-order valence-electron chi connectivity index (χ4n) is 2.04. The van der Waals surface area contributed by atoms with Crippen LogP contribution in [0, 0.1) is 0 Å². The summed E-state index contributed by atoms with van der Waals surface area (Å²) in [5, 5.41) is 23.5. The van der Waals surface area contributed by atoms with Crippen molar-refractivity contribution in [2.45, 2.75) is 0 Å². The van der Waals surface area contributed by atoms with E-state index >= 15 is 0 Å². The predicted octanol–water partition coefficient (Wildman–Crippen LogP) is -3.18. The van der Waals surface area contributed by atoms with E-state index in [-0.39, 0.29) is 26.3 Å². The molecule has 20 heavy (non-hydrogen) atoms. The number of nitrogens with zero attached hydrogens (tertiary/aromatic N) is 2. The maximum atomic E-state index is 11.8. The van der Waals surface area contributed by atoms with Crippen molar-refractivity contribution in [2.24, 2.45) is 0 Å². The van der Waals surface area contributed by atoms with Crippen molar-refractivity contribution in [2.75, 3.05) is 65.6 Å². The number of carbonyl (C=O) groups is 2. The molecule has 0 unspecified atom stereocenters. The van der Waals surface area contributed by atoms with Crippen LogP contribution in [0.3, 0.4) is 0 Å². The summed E-state index contributed by atoms with van der Waals surface area (Å²) >= 11 is 0. The Balaban J connectivity index is 2.27. The fourth-order valence-corrected chi connectivity index (χ4v) is 2.04. The van der Waals surface area contributed by atoms with Gasteiger partial charge in [0.1, 0.15) is 0 Å². The van der Waals surface area contributed by atoms with Crippen LogP contribution in [-0.4, -0.2) is 97.4 Å². The van der Waals surface area contributed by atoms with Gasteiger partial charge in [0, 0.05) is 52.4 Å². The number of rotatable bonds is 7. The van der Waals surface area contributed by atoms with Gasteiger partial charge in [0.25, 0.3) is 0 Å². The van der Waals surface area contributed by atoms with Gasteiger partial charge in [-0.2, -0.15) is 0 Å². The minimum atomic E-state index is -0.714. The van der Waals surface area contributed by atoms with Crippen LogP contribution >= 0.6 is 0 Å². The van der Waals surface area contributed by atoms with Crippen LogP contribution in [0.5, 0.6) is 0 Å². The first kappa shape index (κ1) is 16.8. The molecule has 1 rings (SSSR count). The standard InChI is InChI=1S/C12H24N4O4/c17-9-7-16(8-10-18)12(20)11(19)14-3-6-15-4-1-13-2-5-15/h13,17-18H,1-10H2,(H,14,19). The highest BCUT2D eigenvalue weighted by Gasteiger charge is 2.20. The first-order chi connectivity index (χ1) is 9.69. The molecule has 8 heteroatoms. The second kappa shape index (κ2) is 9.65. The highest BCUT2D eigenvalue weighted by molar-refractivity contribution is 6.35. The summed E-state index contributed by atoms with van der Waals surface area (Å²) in [6.45, 7) is 4.49. The van der Waals surface area contributed by atoms with Gasteiger partial charge in [-0.05, 0) is 0 Å². The van der Waals surface area contributed by atoms with E-state index in [1.54, 1.807) is 0 Å². The Labute approximate surface area is 118 Å². The minimum Gasteiger partial charge on any atom is -0.395 e. The van der Waals surface area contributed by atoms with Gasteiger partial charge >= 0.3 is 11.8 Å². The van der Waals surface area contributed by atoms with Crippen LogP contribution in [0.4, 0.5) is 0 Å². The maximum Gasteiger partial charge on any atom is 0.312 e. The topological polar surface area (TPSA) is 105 Å². The van der Waals surface area contributed by atoms with Gasteiger partial charge in [0.15, 0.2) is 0 Å². The molecule has 1 aliphatic rings. The molecule has 1 saturated heterocycles. The lowest BCUT2D eigenvalue weighted by molar-refractivity contribution is -0.146. The van der Waals surface area contributed by atoms with Crippen LogP contribution in [0.25, 0.3) is 0 Å². The van der Waals surface area contributed by atoms with E-state index in [1.807, 2.05) is 0 Å². The van der Waals surface area contributed by atoms with Gasteiger partial charge in [0.05, 0.1) is 13.2 Å². The third kappa shape index (κ3) is 5.83. The van der Waals surface area contributed by atoms with Gasteiger partial charge in [-0.1, -0.05) is 0 Å². The minimum absolute atomic E-state index is 0.0462. The Morgan fingerprint density at radius 1 is 1.15 bits per heavy atom. The van der Waals surface area contributed by atoms with Crippen molar-refractivity contribution in [3.05, 3.63) is 0 Å². The van der Waals surface area contributed by atoms with Crippen LogP contribution in [0.2, 0.25) is 0 Å². The smallest absolute Gasteiger partial charge is 0.312 e. The first-order valence-electron chi connectivity index (χ1n) is 6.91. The molecule has 0 aromatic rings. The molecule has 1 fully saturated rings. The van der Waals surface area contributed by atoms with Crippen molar-refractivity contribution in [1.29, 1.82) is 0 Å². The summed E-state index contributed by atoms with van der Waals surface area (Å²) < 4.78 is 0. The monoisotopic (exact) mass is 288 g/mol. The van der Waals surface area contributed by atoms with Crippen molar-refractivity contribution < 1.29 is 19.8 Å². The largest absolute Gasteiger partial charge is 0.395 e. The number of aliphatic hydroxyl groups excluding tert-OH is 2. The number of hydrogen-bond donors (Lipinski definition) is 4. The molecule has 116 valence electrons. The molecule has 1 aliphatic heterocycles. The molecule has 1 heterocycles. The number of aliphatic hydroxyl groups is 2. The van der Waals surface area contributed by atoms with E-state index in [2.05, 4.69) is 15.5 Å². The zero-order valence-corrected chi connectivity index (χ0v) is 11.7. The highest BCUT2D eigenvalue weighted by atomic mass is 16.3. The van der Waals surface area contributed by atoms with E-state index in [0.29, 0.717) is 13.1 Å². The normalized spacial score (nSPS) is 15.9. The molecule has 0 saturated carbocycles. The van der Waals surface area contributed by atoms with Crippen molar-refractivity contribution in [1.82, 2.24) is 20.4 Å². The molecule has 0 aromatic heterocycles. The highest BCUT2D eigenvalue weighted by Crippen LogP contribution is 1.92. The third-order valence-corrected chi connectivity index (χ3v) is 3.14. The summed E-state index contributed by atoms with van der Waals surface area (Å²) in [7, 11) is 0. The molecular weight excluding hydrogens is 264 g/mol. The van der Waals surface area contributed by atoms with Crippen LogP contribution in [0.15, 0.2) is 0 Å². The van der Waals surface area contributed by atoms with E-state index in [4.69, 9.17) is 10.2 Å². The maximum absolute atomic E-state index is 11.8. The molecule has 0 radical (unpaired) electrons. The third-order valence-electron chi connectivity index (χ3n) is 3.14. The van der Waals surface area contributed by atoms with Gasteiger partial charge in [0.2, 0.25) is 0 Å². The van der Waals surface area contributed by atoms with Gasteiger partial charge < -0.3 is 25.7 Å². The van der Waals surface area contributed by atoms with Gasteiger partial charge in [-0.25, -0.2) is 0 Å². The molecule has 0 spiro atoms. The number of amides is 2. The lowest BCUT2D eigenvalue weighted by Crippen LogP contribution is -2.49. The van der Waals surface area contributed by atoms with E-state index in [1.165, 1.54) is 0 Å². The molecular formula is C12H24N4O4. The van der Waals surface area contributed by atoms with E-state index in [9.17, 15) is 9.59 Å². The second-order valence-electron chi connectivity index (χ2n) is 4.59. The lowest BCUT2D eigenvalue weighted by atomic mass is 10.3. The average Bonchev–Trinajstić information content (AvgIpc) is 2.47. The Kier molecular flexibility index (Phi) is 8.12. The second-order valence-corrected chi connectivity index (χ2v) is 4.59. The van der Waals surface area contributed by atoms with Gasteiger partial charge in [-0.3, -0.25) is 14.5 Å². The zero-order valence-electron chi connectivity index (χ0n) is 11.7. The first-order valence-corrected chi connectivity index (χ1v) is 6.91. The Morgan fingerprint density at radius 2 is 1.75 bits per heavy atom. The van der Waals surface area contributed by atoms with Crippen LogP contribution in [-0.2, 0) is 9.59 Å². The predicted molar refractivity (Wildman–Crippen MR) is 73.1 cm³/mol. The summed E-state index contributed by atoms with van der Waals surface area (Å²) in [6.07, 6.45) is 0. The molecule has 0 aliphatic carbocycles. The lowest BCUT2D eigenvalue weighted by Gasteiger charge is -2.27. The quantitative estimate of drug-likeness (QED) is 0.368. The Hall–Kier alpha value is -1.22. The molecule has 4 N–H and O–H groups in total. The van der Waals surface area contributed by atoms with Crippen LogP contribution < -0.4 is 10.6 Å².